The van der Waals surface area contributed by atoms with Crippen LogP contribution in [0.4, 0.5) is 0 Å². The van der Waals surface area contributed by atoms with Gasteiger partial charge in [0.25, 0.3) is 0 Å². The van der Waals surface area contributed by atoms with Gasteiger partial charge in [-0.25, -0.2) is 8.42 Å². The summed E-state index contributed by atoms with van der Waals surface area (Å²) in [5.41, 5.74) is 1.03. The van der Waals surface area contributed by atoms with Gasteiger partial charge in [-0.15, -0.1) is 0 Å². The summed E-state index contributed by atoms with van der Waals surface area (Å²) in [6.07, 6.45) is 1.82. The van der Waals surface area contributed by atoms with Crippen molar-refractivity contribution in [2.24, 2.45) is 0 Å². The van der Waals surface area contributed by atoms with Gasteiger partial charge in [0.15, 0.2) is 9.84 Å². The van der Waals surface area contributed by atoms with Crippen LogP contribution in [0.25, 0.3) is 0 Å². The van der Waals surface area contributed by atoms with Gasteiger partial charge in [-0.05, 0) is 18.4 Å². The zero-order chi connectivity index (χ0) is 13.7. The number of nitriles is 1. The summed E-state index contributed by atoms with van der Waals surface area (Å²) in [6.45, 7) is 0.434. The number of benzene rings is 1. The summed E-state index contributed by atoms with van der Waals surface area (Å²) in [4.78, 5) is 0. The fraction of sp³-hybridized carbons (Fsp3) is 0.500. The smallest absolute Gasteiger partial charge is 0.154 e. The number of nitrogens with one attached hydrogen (secondary N) is 1. The third-order valence-corrected chi connectivity index (χ3v) is 5.83. The topological polar surface area (TPSA) is 70.0 Å². The van der Waals surface area contributed by atoms with Crippen LogP contribution < -0.4 is 5.32 Å². The lowest BCUT2D eigenvalue weighted by Gasteiger charge is -2.18. The molecule has 1 heterocycles. The van der Waals surface area contributed by atoms with E-state index in [1.807, 2.05) is 30.3 Å². The van der Waals surface area contributed by atoms with Crippen LogP contribution in [0.2, 0.25) is 0 Å². The predicted octanol–water partition coefficient (Wildman–Crippen LogP) is 1.81. The van der Waals surface area contributed by atoms with Crippen molar-refractivity contribution in [2.75, 3.05) is 12.3 Å². The first kappa shape index (κ1) is 14.0. The Morgan fingerprint density at radius 3 is 2.68 bits per heavy atom. The van der Waals surface area contributed by atoms with E-state index >= 15 is 0 Å². The molecule has 102 valence electrons. The predicted molar refractivity (Wildman–Crippen MR) is 74.2 cm³/mol. The maximum absolute atomic E-state index is 11.8. The minimum atomic E-state index is -2.93. The second-order valence-electron chi connectivity index (χ2n) is 4.86. The zero-order valence-corrected chi connectivity index (χ0v) is 11.6. The summed E-state index contributed by atoms with van der Waals surface area (Å²) in [6, 6.07) is 11.7. The molecule has 0 saturated carbocycles. The van der Waals surface area contributed by atoms with Gasteiger partial charge in [-0.3, -0.25) is 0 Å². The summed E-state index contributed by atoms with van der Waals surface area (Å²) >= 11 is 0. The van der Waals surface area contributed by atoms with E-state index in [1.165, 1.54) is 0 Å². The molecule has 5 heteroatoms. The molecule has 1 aliphatic heterocycles. The molecule has 2 rings (SSSR count). The molecule has 0 aromatic heterocycles. The second kappa shape index (κ2) is 6.18. The lowest BCUT2D eigenvalue weighted by atomic mass is 10.0. The molecule has 19 heavy (non-hydrogen) atoms. The molecule has 0 aliphatic carbocycles. The number of nitrogens with zero attached hydrogens (tertiary/aromatic N) is 1. The third kappa shape index (κ3) is 3.55. The largest absolute Gasteiger partial charge is 0.308 e. The SMILES string of the molecule is N#CCC(NCC1CCCS1(=O)=O)c1ccccc1. The molecule has 0 radical (unpaired) electrons. The van der Waals surface area contributed by atoms with Crippen LogP contribution in [0.1, 0.15) is 30.9 Å². The highest BCUT2D eigenvalue weighted by atomic mass is 32.2. The van der Waals surface area contributed by atoms with Gasteiger partial charge >= 0.3 is 0 Å². The molecule has 0 spiro atoms. The zero-order valence-electron chi connectivity index (χ0n) is 10.7. The molecular weight excluding hydrogens is 260 g/mol. The molecule has 1 aliphatic rings. The molecule has 4 nitrogen and oxygen atoms in total. The Bertz CT molecular complexity index is 549. The second-order valence-corrected chi connectivity index (χ2v) is 7.27. The average Bonchev–Trinajstić information content (AvgIpc) is 2.75. The highest BCUT2D eigenvalue weighted by molar-refractivity contribution is 7.92. The quantitative estimate of drug-likeness (QED) is 0.891. The Hall–Kier alpha value is -1.38. The standard InChI is InChI=1S/C14H18N2O2S/c15-9-8-14(12-5-2-1-3-6-12)16-11-13-7-4-10-19(13,17)18/h1-3,5-6,13-14,16H,4,7-8,10-11H2. The average molecular weight is 278 g/mol. The Morgan fingerprint density at radius 2 is 2.11 bits per heavy atom. The van der Waals surface area contributed by atoms with E-state index in [4.69, 9.17) is 5.26 Å². The highest BCUT2D eigenvalue weighted by Crippen LogP contribution is 2.21. The van der Waals surface area contributed by atoms with Gasteiger partial charge in [0.2, 0.25) is 0 Å². The molecular formula is C14H18N2O2S. The van der Waals surface area contributed by atoms with Crippen molar-refractivity contribution in [1.29, 1.82) is 5.26 Å². The lowest BCUT2D eigenvalue weighted by Crippen LogP contribution is -2.33. The van der Waals surface area contributed by atoms with Crippen LogP contribution >= 0.6 is 0 Å². The van der Waals surface area contributed by atoms with Crippen molar-refractivity contribution in [3.63, 3.8) is 0 Å². The van der Waals surface area contributed by atoms with Crippen molar-refractivity contribution in [2.45, 2.75) is 30.6 Å². The minimum absolute atomic E-state index is 0.0954. The normalized spacial score (nSPS) is 22.8. The third-order valence-electron chi connectivity index (χ3n) is 3.55. The molecule has 1 aromatic rings. The number of sulfone groups is 1. The van der Waals surface area contributed by atoms with Gasteiger partial charge in [-0.1, -0.05) is 30.3 Å². The van der Waals surface area contributed by atoms with Crippen molar-refractivity contribution in [3.05, 3.63) is 35.9 Å². The van der Waals surface area contributed by atoms with E-state index in [-0.39, 0.29) is 11.3 Å². The molecule has 1 saturated heterocycles. The fourth-order valence-electron chi connectivity index (χ4n) is 2.45. The first-order valence-electron chi connectivity index (χ1n) is 6.50. The summed E-state index contributed by atoms with van der Waals surface area (Å²) < 4.78 is 23.5. The number of hydrogen-bond acceptors (Lipinski definition) is 4. The Labute approximate surface area is 114 Å². The van der Waals surface area contributed by atoms with Crippen LogP contribution in [0.3, 0.4) is 0 Å². The van der Waals surface area contributed by atoms with Crippen LogP contribution in [0, 0.1) is 11.3 Å². The molecule has 1 N–H and O–H groups in total. The van der Waals surface area contributed by atoms with Crippen molar-refractivity contribution in [1.82, 2.24) is 5.32 Å². The van der Waals surface area contributed by atoms with Crippen molar-refractivity contribution >= 4 is 9.84 Å². The van der Waals surface area contributed by atoms with Gasteiger partial charge in [-0.2, -0.15) is 5.26 Å². The van der Waals surface area contributed by atoms with E-state index in [1.54, 1.807) is 0 Å². The van der Waals surface area contributed by atoms with Crippen LogP contribution in [0.15, 0.2) is 30.3 Å². The maximum atomic E-state index is 11.8. The van der Waals surface area contributed by atoms with E-state index in [9.17, 15) is 8.42 Å². The van der Waals surface area contributed by atoms with Crippen LogP contribution in [-0.4, -0.2) is 26.0 Å². The first-order valence-corrected chi connectivity index (χ1v) is 8.22. The highest BCUT2D eigenvalue weighted by Gasteiger charge is 2.31. The van der Waals surface area contributed by atoms with Gasteiger partial charge in [0.1, 0.15) is 0 Å². The van der Waals surface area contributed by atoms with Gasteiger partial charge in [0.05, 0.1) is 23.5 Å². The van der Waals surface area contributed by atoms with E-state index in [2.05, 4.69) is 11.4 Å². The number of hydrogen-bond donors (Lipinski definition) is 1. The van der Waals surface area contributed by atoms with E-state index < -0.39 is 9.84 Å². The molecule has 0 bridgehead atoms. The Balaban J connectivity index is 2.01. The minimum Gasteiger partial charge on any atom is -0.308 e. The maximum Gasteiger partial charge on any atom is 0.154 e. The Kier molecular flexibility index (Phi) is 4.56. The Morgan fingerprint density at radius 1 is 1.37 bits per heavy atom. The van der Waals surface area contributed by atoms with Crippen molar-refractivity contribution in [3.8, 4) is 6.07 Å². The monoisotopic (exact) mass is 278 g/mol. The lowest BCUT2D eigenvalue weighted by molar-refractivity contribution is 0.518. The first-order chi connectivity index (χ1) is 9.13. The molecule has 1 fully saturated rings. The number of rotatable bonds is 5. The van der Waals surface area contributed by atoms with Crippen LogP contribution in [0.5, 0.6) is 0 Å². The summed E-state index contributed by atoms with van der Waals surface area (Å²) in [5.74, 6) is 0.299. The van der Waals surface area contributed by atoms with Gasteiger partial charge < -0.3 is 5.32 Å². The summed E-state index contributed by atoms with van der Waals surface area (Å²) in [5, 5.41) is 11.8. The van der Waals surface area contributed by atoms with Crippen LogP contribution in [-0.2, 0) is 9.84 Å². The van der Waals surface area contributed by atoms with Crippen molar-refractivity contribution < 1.29 is 8.42 Å². The molecule has 0 amide bonds. The van der Waals surface area contributed by atoms with Gasteiger partial charge in [0, 0.05) is 12.6 Å². The van der Waals surface area contributed by atoms with E-state index in [0.717, 1.165) is 18.4 Å². The molecule has 2 unspecified atom stereocenters. The molecule has 2 atom stereocenters. The van der Waals surface area contributed by atoms with E-state index in [0.29, 0.717) is 18.7 Å². The summed E-state index contributed by atoms with van der Waals surface area (Å²) in [7, 11) is -2.93. The molecule has 1 aromatic carbocycles. The fourth-order valence-corrected chi connectivity index (χ4v) is 4.22.